The number of rotatable bonds is 4. The van der Waals surface area contributed by atoms with Gasteiger partial charge in [0, 0.05) is 23.7 Å². The van der Waals surface area contributed by atoms with Crippen molar-refractivity contribution in [3.05, 3.63) is 46.4 Å². The fourth-order valence-corrected chi connectivity index (χ4v) is 2.18. The van der Waals surface area contributed by atoms with Gasteiger partial charge in [0.1, 0.15) is 5.82 Å². The zero-order valence-corrected chi connectivity index (χ0v) is 9.67. The molecule has 0 spiro atoms. The van der Waals surface area contributed by atoms with Crippen LogP contribution in [0.5, 0.6) is 0 Å². The van der Waals surface area contributed by atoms with E-state index in [2.05, 4.69) is 15.3 Å². The summed E-state index contributed by atoms with van der Waals surface area (Å²) in [5.74, 6) is -0.272. The minimum absolute atomic E-state index is 0.110. The maximum absolute atomic E-state index is 13.5. The molecule has 16 heavy (non-hydrogen) atoms. The van der Waals surface area contributed by atoms with E-state index in [0.717, 1.165) is 4.88 Å². The second-order valence-corrected chi connectivity index (χ2v) is 4.35. The molecule has 3 nitrogen and oxygen atoms in total. The first-order valence-corrected chi connectivity index (χ1v) is 5.84. The zero-order chi connectivity index (χ0) is 11.4. The quantitative estimate of drug-likeness (QED) is 0.885. The summed E-state index contributed by atoms with van der Waals surface area (Å²) in [4.78, 5) is 9.19. The normalized spacial score (nSPS) is 12.6. The number of likely N-dealkylation sites (N-methyl/N-ethyl adjacent to an activating group) is 1. The van der Waals surface area contributed by atoms with Gasteiger partial charge < -0.3 is 5.32 Å². The summed E-state index contributed by atoms with van der Waals surface area (Å²) in [5.41, 5.74) is 2.23. The van der Waals surface area contributed by atoms with Gasteiger partial charge >= 0.3 is 0 Å². The van der Waals surface area contributed by atoms with Crippen molar-refractivity contribution in [3.63, 3.8) is 0 Å². The third-order valence-corrected chi connectivity index (χ3v) is 3.16. The molecule has 2 rings (SSSR count). The Kier molecular flexibility index (Phi) is 3.58. The summed E-state index contributed by atoms with van der Waals surface area (Å²) < 4.78 is 13.5. The summed E-state index contributed by atoms with van der Waals surface area (Å²) in [6, 6.07) is 2.92. The maximum Gasteiger partial charge on any atom is 0.146 e. The SMILES string of the molecule is CNC(Cc1cncs1)c1ncccc1F. The van der Waals surface area contributed by atoms with Crippen molar-refractivity contribution in [1.29, 1.82) is 0 Å². The van der Waals surface area contributed by atoms with E-state index in [9.17, 15) is 4.39 Å². The highest BCUT2D eigenvalue weighted by molar-refractivity contribution is 7.09. The van der Waals surface area contributed by atoms with Crippen molar-refractivity contribution in [2.24, 2.45) is 0 Å². The van der Waals surface area contributed by atoms with Gasteiger partial charge in [0.15, 0.2) is 0 Å². The number of hydrogen-bond donors (Lipinski definition) is 1. The van der Waals surface area contributed by atoms with Crippen LogP contribution in [0.2, 0.25) is 0 Å². The van der Waals surface area contributed by atoms with Gasteiger partial charge in [-0.2, -0.15) is 0 Å². The van der Waals surface area contributed by atoms with Gasteiger partial charge in [-0.15, -0.1) is 11.3 Å². The van der Waals surface area contributed by atoms with Crippen molar-refractivity contribution in [2.45, 2.75) is 12.5 Å². The molecule has 5 heteroatoms. The first kappa shape index (κ1) is 11.2. The molecule has 2 heterocycles. The Bertz CT molecular complexity index is 444. The predicted molar refractivity (Wildman–Crippen MR) is 61.8 cm³/mol. The largest absolute Gasteiger partial charge is 0.311 e. The Morgan fingerprint density at radius 3 is 3.06 bits per heavy atom. The second-order valence-electron chi connectivity index (χ2n) is 3.38. The van der Waals surface area contributed by atoms with Crippen LogP contribution in [0, 0.1) is 5.82 Å². The number of hydrogen-bond acceptors (Lipinski definition) is 4. The molecule has 84 valence electrons. The van der Waals surface area contributed by atoms with Crippen LogP contribution in [-0.4, -0.2) is 17.0 Å². The summed E-state index contributed by atoms with van der Waals surface area (Å²) in [7, 11) is 1.81. The Hall–Kier alpha value is -1.33. The van der Waals surface area contributed by atoms with Gasteiger partial charge in [-0.25, -0.2) is 4.39 Å². The molecule has 0 radical (unpaired) electrons. The highest BCUT2D eigenvalue weighted by Crippen LogP contribution is 2.20. The molecule has 0 saturated heterocycles. The molecule has 2 aromatic heterocycles. The van der Waals surface area contributed by atoms with Gasteiger partial charge in [-0.05, 0) is 19.2 Å². The van der Waals surface area contributed by atoms with E-state index in [0.29, 0.717) is 12.1 Å². The zero-order valence-electron chi connectivity index (χ0n) is 8.85. The summed E-state index contributed by atoms with van der Waals surface area (Å²) in [6.45, 7) is 0. The van der Waals surface area contributed by atoms with Crippen molar-refractivity contribution >= 4 is 11.3 Å². The first-order valence-electron chi connectivity index (χ1n) is 4.96. The molecule has 0 aliphatic rings. The minimum atomic E-state index is -0.272. The van der Waals surface area contributed by atoms with Crippen LogP contribution in [-0.2, 0) is 6.42 Å². The van der Waals surface area contributed by atoms with Gasteiger partial charge in [0.05, 0.1) is 17.2 Å². The van der Waals surface area contributed by atoms with Crippen LogP contribution in [0.4, 0.5) is 4.39 Å². The van der Waals surface area contributed by atoms with Crippen molar-refractivity contribution < 1.29 is 4.39 Å². The Balaban J connectivity index is 2.20. The highest BCUT2D eigenvalue weighted by Gasteiger charge is 2.16. The molecule has 1 atom stereocenters. The number of aromatic nitrogens is 2. The molecule has 1 unspecified atom stereocenters. The lowest BCUT2D eigenvalue weighted by atomic mass is 10.1. The second kappa shape index (κ2) is 5.14. The van der Waals surface area contributed by atoms with E-state index >= 15 is 0 Å². The Morgan fingerprint density at radius 2 is 2.44 bits per heavy atom. The smallest absolute Gasteiger partial charge is 0.146 e. The monoisotopic (exact) mass is 237 g/mol. The number of nitrogens with one attached hydrogen (secondary N) is 1. The van der Waals surface area contributed by atoms with E-state index in [1.54, 1.807) is 42.4 Å². The third kappa shape index (κ3) is 2.43. The molecule has 0 fully saturated rings. The topological polar surface area (TPSA) is 37.8 Å². The summed E-state index contributed by atoms with van der Waals surface area (Å²) >= 11 is 1.57. The lowest BCUT2D eigenvalue weighted by Crippen LogP contribution is -2.20. The standard InChI is InChI=1S/C11H12FN3S/c1-13-10(5-8-6-14-7-16-8)11-9(12)3-2-4-15-11/h2-4,6-7,10,13H,5H2,1H3. The molecule has 2 aromatic rings. The lowest BCUT2D eigenvalue weighted by Gasteiger charge is -2.14. The van der Waals surface area contributed by atoms with Gasteiger partial charge in [-0.1, -0.05) is 0 Å². The van der Waals surface area contributed by atoms with E-state index in [1.807, 2.05) is 0 Å². The van der Waals surface area contributed by atoms with Crippen LogP contribution in [0.1, 0.15) is 16.6 Å². The fraction of sp³-hybridized carbons (Fsp3) is 0.273. The molecule has 0 aliphatic carbocycles. The third-order valence-electron chi connectivity index (χ3n) is 2.35. The average molecular weight is 237 g/mol. The van der Waals surface area contributed by atoms with Gasteiger partial charge in [0.25, 0.3) is 0 Å². The average Bonchev–Trinajstić information content (AvgIpc) is 2.80. The first-order chi connectivity index (χ1) is 7.81. The van der Waals surface area contributed by atoms with E-state index < -0.39 is 0 Å². The van der Waals surface area contributed by atoms with E-state index in [4.69, 9.17) is 0 Å². The number of thiazole rings is 1. The minimum Gasteiger partial charge on any atom is -0.311 e. The van der Waals surface area contributed by atoms with Crippen LogP contribution in [0.25, 0.3) is 0 Å². The van der Waals surface area contributed by atoms with Gasteiger partial charge in [0.2, 0.25) is 0 Å². The van der Waals surface area contributed by atoms with Gasteiger partial charge in [-0.3, -0.25) is 9.97 Å². The lowest BCUT2D eigenvalue weighted by molar-refractivity contribution is 0.519. The molecule has 1 N–H and O–H groups in total. The predicted octanol–water partition coefficient (Wildman–Crippen LogP) is 2.18. The summed E-state index contributed by atoms with van der Waals surface area (Å²) in [5, 5.41) is 3.07. The molecule has 0 aliphatic heterocycles. The molecule has 0 saturated carbocycles. The molecular weight excluding hydrogens is 225 g/mol. The van der Waals surface area contributed by atoms with Crippen LogP contribution >= 0.6 is 11.3 Å². The maximum atomic E-state index is 13.5. The Morgan fingerprint density at radius 1 is 1.56 bits per heavy atom. The molecule has 0 bridgehead atoms. The van der Waals surface area contributed by atoms with E-state index in [1.165, 1.54) is 6.07 Å². The fourth-order valence-electron chi connectivity index (χ4n) is 1.53. The van der Waals surface area contributed by atoms with Crippen molar-refractivity contribution in [3.8, 4) is 0 Å². The number of nitrogens with zero attached hydrogens (tertiary/aromatic N) is 2. The van der Waals surface area contributed by atoms with Crippen molar-refractivity contribution in [1.82, 2.24) is 15.3 Å². The molecule has 0 aromatic carbocycles. The van der Waals surface area contributed by atoms with Crippen molar-refractivity contribution in [2.75, 3.05) is 7.05 Å². The van der Waals surface area contributed by atoms with Crippen LogP contribution in [0.3, 0.4) is 0 Å². The Labute approximate surface area is 97.4 Å². The van der Waals surface area contributed by atoms with Crippen LogP contribution < -0.4 is 5.32 Å². The number of pyridine rings is 1. The molecule has 0 amide bonds. The van der Waals surface area contributed by atoms with E-state index in [-0.39, 0.29) is 11.9 Å². The number of halogens is 1. The molecular formula is C11H12FN3S. The van der Waals surface area contributed by atoms with Crippen LogP contribution in [0.15, 0.2) is 30.0 Å². The highest BCUT2D eigenvalue weighted by atomic mass is 32.1. The summed E-state index contributed by atoms with van der Waals surface area (Å²) in [6.07, 6.45) is 4.11.